The molecule has 10 heteroatoms. The summed E-state index contributed by atoms with van der Waals surface area (Å²) in [6, 6.07) is 11.9. The molecule has 1 amide bonds. The van der Waals surface area contributed by atoms with Crippen LogP contribution in [0.5, 0.6) is 5.75 Å². The lowest BCUT2D eigenvalue weighted by Crippen LogP contribution is -2.29. The highest BCUT2D eigenvalue weighted by Gasteiger charge is 2.14. The van der Waals surface area contributed by atoms with E-state index in [1.165, 1.54) is 17.9 Å². The Balaban J connectivity index is 2.10. The molecule has 0 unspecified atom stereocenters. The van der Waals surface area contributed by atoms with Gasteiger partial charge in [0.25, 0.3) is 0 Å². The summed E-state index contributed by atoms with van der Waals surface area (Å²) in [6.07, 6.45) is 0.497. The number of benzene rings is 2. The van der Waals surface area contributed by atoms with Gasteiger partial charge in [-0.05, 0) is 42.7 Å². The third-order valence-electron chi connectivity index (χ3n) is 3.80. The molecule has 28 heavy (non-hydrogen) atoms. The average Bonchev–Trinajstić information content (AvgIpc) is 2.61. The quantitative estimate of drug-likeness (QED) is 0.463. The van der Waals surface area contributed by atoms with E-state index in [0.717, 1.165) is 0 Å². The van der Waals surface area contributed by atoms with Gasteiger partial charge in [-0.15, -0.1) is 0 Å². The Labute approximate surface area is 162 Å². The first-order valence-corrected chi connectivity index (χ1v) is 9.68. The normalized spacial score (nSPS) is 10.9. The van der Waals surface area contributed by atoms with Gasteiger partial charge < -0.3 is 15.2 Å². The number of hydrogen-bond donors (Lipinski definition) is 4. The van der Waals surface area contributed by atoms with Crippen LogP contribution in [0, 0.1) is 0 Å². The second-order valence-corrected chi connectivity index (χ2v) is 7.02. The lowest BCUT2D eigenvalue weighted by atomic mass is 10.0. The van der Waals surface area contributed by atoms with Crippen molar-refractivity contribution >= 4 is 33.6 Å². The molecule has 0 atom stereocenters. The van der Waals surface area contributed by atoms with Crippen LogP contribution in [-0.2, 0) is 21.5 Å². The number of hydrogen-bond acceptors (Lipinski definition) is 6. The molecule has 2 aromatic carbocycles. The molecule has 0 spiro atoms. The van der Waals surface area contributed by atoms with Crippen molar-refractivity contribution in [1.82, 2.24) is 4.72 Å². The maximum absolute atomic E-state index is 11.6. The van der Waals surface area contributed by atoms with Gasteiger partial charge in [-0.3, -0.25) is 9.35 Å². The summed E-state index contributed by atoms with van der Waals surface area (Å²) in [5.41, 5.74) is 1.71. The highest BCUT2D eigenvalue weighted by Crippen LogP contribution is 2.29. The highest BCUT2D eigenvalue weighted by atomic mass is 32.2. The molecule has 0 aliphatic heterocycles. The fourth-order valence-electron chi connectivity index (χ4n) is 2.57. The van der Waals surface area contributed by atoms with Gasteiger partial charge in [-0.1, -0.05) is 18.2 Å². The molecule has 150 valence electrons. The molecule has 0 fully saturated rings. The highest BCUT2D eigenvalue weighted by molar-refractivity contribution is 7.84. The van der Waals surface area contributed by atoms with Crippen LogP contribution < -0.4 is 14.8 Å². The SMILES string of the molecule is COc1ccccc1Nc1ccc(CCCC(=O)NS(=O)(=O)O)cc1C(=O)O. The van der Waals surface area contributed by atoms with Crippen molar-refractivity contribution in [2.75, 3.05) is 12.4 Å². The maximum atomic E-state index is 11.6. The van der Waals surface area contributed by atoms with Crippen molar-refractivity contribution in [1.29, 1.82) is 0 Å². The summed E-state index contributed by atoms with van der Waals surface area (Å²) < 4.78 is 36.4. The Kier molecular flexibility index (Phi) is 6.96. The van der Waals surface area contributed by atoms with Crippen LogP contribution in [0.4, 0.5) is 11.4 Å². The summed E-state index contributed by atoms with van der Waals surface area (Å²) in [5, 5.41) is 12.5. The Hall–Kier alpha value is -3.11. The van der Waals surface area contributed by atoms with E-state index in [4.69, 9.17) is 9.29 Å². The standard InChI is InChI=1S/C18H20N2O7S/c1-27-16-7-3-2-6-15(16)19-14-10-9-12(11-13(14)18(22)23)5-4-8-17(21)20-28(24,25)26/h2-3,6-7,9-11,19H,4-5,8H2,1H3,(H,20,21)(H,22,23)(H,24,25,26). The monoisotopic (exact) mass is 408 g/mol. The minimum absolute atomic E-state index is 0.0470. The van der Waals surface area contributed by atoms with E-state index in [1.807, 2.05) is 0 Å². The third kappa shape index (κ3) is 6.25. The first-order chi connectivity index (χ1) is 13.2. The Morgan fingerprint density at radius 2 is 1.82 bits per heavy atom. The van der Waals surface area contributed by atoms with Crippen LogP contribution in [0.1, 0.15) is 28.8 Å². The Morgan fingerprint density at radius 1 is 1.11 bits per heavy atom. The summed E-state index contributed by atoms with van der Waals surface area (Å²) in [7, 11) is -3.06. The van der Waals surface area contributed by atoms with Gasteiger partial charge in [0, 0.05) is 6.42 Å². The molecule has 0 saturated heterocycles. The Bertz CT molecular complexity index is 974. The first kappa shape index (κ1) is 21.2. The zero-order valence-electron chi connectivity index (χ0n) is 15.0. The molecular weight excluding hydrogens is 388 g/mol. The number of methoxy groups -OCH3 is 1. The van der Waals surface area contributed by atoms with Crippen LogP contribution in [0.15, 0.2) is 42.5 Å². The molecule has 0 aliphatic rings. The number of aromatic carboxylic acids is 1. The van der Waals surface area contributed by atoms with E-state index >= 15 is 0 Å². The van der Waals surface area contributed by atoms with E-state index in [9.17, 15) is 23.1 Å². The largest absolute Gasteiger partial charge is 0.495 e. The van der Waals surface area contributed by atoms with Gasteiger partial charge >= 0.3 is 16.3 Å². The van der Waals surface area contributed by atoms with Gasteiger partial charge in [-0.25, -0.2) is 9.52 Å². The summed E-state index contributed by atoms with van der Waals surface area (Å²) in [4.78, 5) is 23.0. The molecule has 9 nitrogen and oxygen atoms in total. The van der Waals surface area contributed by atoms with Gasteiger partial charge in [0.1, 0.15) is 5.75 Å². The fourth-order valence-corrected chi connectivity index (χ4v) is 2.96. The van der Waals surface area contributed by atoms with E-state index < -0.39 is 22.2 Å². The minimum Gasteiger partial charge on any atom is -0.495 e. The molecule has 0 bridgehead atoms. The molecule has 4 N–H and O–H groups in total. The van der Waals surface area contributed by atoms with E-state index in [-0.39, 0.29) is 18.4 Å². The number of amides is 1. The molecule has 0 aliphatic carbocycles. The molecule has 0 saturated carbocycles. The van der Waals surface area contributed by atoms with Crippen molar-refractivity contribution < 1.29 is 32.4 Å². The van der Waals surface area contributed by atoms with Crippen LogP contribution in [0.25, 0.3) is 0 Å². The lowest BCUT2D eigenvalue weighted by Gasteiger charge is -2.14. The minimum atomic E-state index is -4.57. The zero-order chi connectivity index (χ0) is 20.7. The molecule has 2 rings (SSSR count). The van der Waals surface area contributed by atoms with E-state index in [1.54, 1.807) is 36.4 Å². The number of aryl methyl sites for hydroxylation is 1. The summed E-state index contributed by atoms with van der Waals surface area (Å²) >= 11 is 0. The van der Waals surface area contributed by atoms with Crippen LogP contribution in [0.2, 0.25) is 0 Å². The van der Waals surface area contributed by atoms with E-state index in [0.29, 0.717) is 29.1 Å². The fraction of sp³-hybridized carbons (Fsp3) is 0.222. The number of ether oxygens (including phenoxy) is 1. The number of carboxylic acids is 1. The number of rotatable bonds is 9. The van der Waals surface area contributed by atoms with Crippen molar-refractivity contribution in [2.45, 2.75) is 19.3 Å². The van der Waals surface area contributed by atoms with Crippen LogP contribution in [-0.4, -0.2) is 37.1 Å². The summed E-state index contributed by atoms with van der Waals surface area (Å²) in [5.74, 6) is -1.40. The summed E-state index contributed by atoms with van der Waals surface area (Å²) in [6.45, 7) is 0. The number of nitrogens with one attached hydrogen (secondary N) is 2. The number of carboxylic acid groups (broad SMARTS) is 1. The zero-order valence-corrected chi connectivity index (χ0v) is 15.8. The van der Waals surface area contributed by atoms with Crippen molar-refractivity contribution in [3.05, 3.63) is 53.6 Å². The topological polar surface area (TPSA) is 142 Å². The van der Waals surface area contributed by atoms with Gasteiger partial charge in [-0.2, -0.15) is 8.42 Å². The van der Waals surface area contributed by atoms with Crippen LogP contribution >= 0.6 is 0 Å². The smallest absolute Gasteiger partial charge is 0.359 e. The van der Waals surface area contributed by atoms with Crippen molar-refractivity contribution in [2.24, 2.45) is 0 Å². The van der Waals surface area contributed by atoms with Crippen molar-refractivity contribution in [3.8, 4) is 5.75 Å². The molecular formula is C18H20N2O7S. The third-order valence-corrected chi connectivity index (χ3v) is 4.29. The van der Waals surface area contributed by atoms with Crippen molar-refractivity contribution in [3.63, 3.8) is 0 Å². The maximum Gasteiger partial charge on any atom is 0.359 e. The molecule has 0 heterocycles. The second kappa shape index (κ2) is 9.20. The first-order valence-electron chi connectivity index (χ1n) is 8.24. The Morgan fingerprint density at radius 3 is 2.46 bits per heavy atom. The number of carbonyl (C=O) groups is 2. The van der Waals surface area contributed by atoms with Crippen LogP contribution in [0.3, 0.4) is 0 Å². The van der Waals surface area contributed by atoms with Gasteiger partial charge in [0.2, 0.25) is 5.91 Å². The number of carbonyl (C=O) groups excluding carboxylic acids is 1. The molecule has 0 aromatic heterocycles. The van der Waals surface area contributed by atoms with Gasteiger partial charge in [0.15, 0.2) is 0 Å². The second-order valence-electron chi connectivity index (χ2n) is 5.86. The molecule has 0 radical (unpaired) electrons. The predicted molar refractivity (Wildman–Crippen MR) is 102 cm³/mol. The lowest BCUT2D eigenvalue weighted by molar-refractivity contribution is -0.119. The number of anilines is 2. The predicted octanol–water partition coefficient (Wildman–Crippen LogP) is 2.38. The van der Waals surface area contributed by atoms with Gasteiger partial charge in [0.05, 0.1) is 24.0 Å². The number of para-hydroxylation sites is 2. The average molecular weight is 408 g/mol. The van der Waals surface area contributed by atoms with E-state index in [2.05, 4.69) is 5.32 Å². The molecule has 2 aromatic rings.